The summed E-state index contributed by atoms with van der Waals surface area (Å²) in [6.07, 6.45) is 1.79. The monoisotopic (exact) mass is 261 g/mol. The zero-order valence-electron chi connectivity index (χ0n) is 7.79. The SMILES string of the molecule is O=[As]c1ccc(N=Nc2ccc[nH]2)cc1. The number of aromatic amines is 1. The topological polar surface area (TPSA) is 57.6 Å². The third-order valence-electron chi connectivity index (χ3n) is 1.81. The second kappa shape index (κ2) is 4.80. The Balaban J connectivity index is 2.14. The number of rotatable bonds is 3. The van der Waals surface area contributed by atoms with Gasteiger partial charge in [0.2, 0.25) is 0 Å². The Morgan fingerprint density at radius 1 is 1.07 bits per heavy atom. The summed E-state index contributed by atoms with van der Waals surface area (Å²) in [6.45, 7) is 0. The number of H-pyrrole nitrogens is 1. The summed E-state index contributed by atoms with van der Waals surface area (Å²) in [5, 5.41) is 8.02. The van der Waals surface area contributed by atoms with E-state index in [9.17, 15) is 3.74 Å². The Morgan fingerprint density at radius 3 is 2.47 bits per heavy atom. The summed E-state index contributed by atoms with van der Waals surface area (Å²) in [7, 11) is 0. The molecule has 1 heterocycles. The Bertz CT molecular complexity index is 462. The third kappa shape index (κ3) is 2.70. The van der Waals surface area contributed by atoms with Crippen molar-refractivity contribution < 1.29 is 3.74 Å². The first-order valence-electron chi connectivity index (χ1n) is 4.37. The average molecular weight is 261 g/mol. The molecule has 0 aliphatic rings. The maximum atomic E-state index is 10.6. The molecule has 5 heteroatoms. The molecule has 0 radical (unpaired) electrons. The quantitative estimate of drug-likeness (QED) is 0.667. The van der Waals surface area contributed by atoms with Crippen LogP contribution in [0.1, 0.15) is 0 Å². The molecule has 0 atom stereocenters. The van der Waals surface area contributed by atoms with Gasteiger partial charge in [0.15, 0.2) is 0 Å². The van der Waals surface area contributed by atoms with Crippen LogP contribution in [0.2, 0.25) is 0 Å². The van der Waals surface area contributed by atoms with Gasteiger partial charge in [-0.3, -0.25) is 0 Å². The van der Waals surface area contributed by atoms with Crippen LogP contribution < -0.4 is 4.35 Å². The van der Waals surface area contributed by atoms with Crippen LogP contribution in [0.25, 0.3) is 0 Å². The molecule has 0 amide bonds. The molecule has 2 aromatic rings. The fourth-order valence-corrected chi connectivity index (χ4v) is 1.64. The Labute approximate surface area is 93.3 Å². The van der Waals surface area contributed by atoms with Crippen molar-refractivity contribution in [1.82, 2.24) is 4.98 Å². The van der Waals surface area contributed by atoms with Gasteiger partial charge < -0.3 is 0 Å². The number of benzene rings is 1. The van der Waals surface area contributed by atoms with Gasteiger partial charge in [0.25, 0.3) is 0 Å². The summed E-state index contributed by atoms with van der Waals surface area (Å²) in [6, 6.07) is 10.9. The molecule has 0 saturated heterocycles. The fourth-order valence-electron chi connectivity index (χ4n) is 1.07. The van der Waals surface area contributed by atoms with Crippen LogP contribution in [-0.2, 0) is 3.74 Å². The van der Waals surface area contributed by atoms with E-state index >= 15 is 0 Å². The molecule has 74 valence electrons. The molecule has 0 aliphatic heterocycles. The van der Waals surface area contributed by atoms with Gasteiger partial charge in [-0.1, -0.05) is 0 Å². The molecular formula is C10H8AsN3O. The van der Waals surface area contributed by atoms with Crippen LogP contribution in [0.5, 0.6) is 0 Å². The number of azo groups is 1. The van der Waals surface area contributed by atoms with Crippen LogP contribution in [-0.4, -0.2) is 20.7 Å². The van der Waals surface area contributed by atoms with Gasteiger partial charge in [0, 0.05) is 0 Å². The van der Waals surface area contributed by atoms with Gasteiger partial charge in [-0.25, -0.2) is 0 Å². The van der Waals surface area contributed by atoms with Crippen molar-refractivity contribution in [3.8, 4) is 0 Å². The first-order valence-corrected chi connectivity index (χ1v) is 6.07. The van der Waals surface area contributed by atoms with Crippen molar-refractivity contribution in [3.05, 3.63) is 42.6 Å². The zero-order valence-corrected chi connectivity index (χ0v) is 9.67. The molecule has 0 unspecified atom stereocenters. The number of nitrogens with zero attached hydrogens (tertiary/aromatic N) is 2. The normalized spacial score (nSPS) is 11.2. The van der Waals surface area contributed by atoms with Crippen molar-refractivity contribution in [2.45, 2.75) is 0 Å². The third-order valence-corrected chi connectivity index (χ3v) is 2.88. The van der Waals surface area contributed by atoms with E-state index in [1.165, 1.54) is 0 Å². The van der Waals surface area contributed by atoms with E-state index in [0.717, 1.165) is 10.0 Å². The Hall–Kier alpha value is -1.54. The zero-order chi connectivity index (χ0) is 10.5. The summed E-state index contributed by atoms with van der Waals surface area (Å²) in [4.78, 5) is 2.92. The van der Waals surface area contributed by atoms with E-state index in [4.69, 9.17) is 0 Å². The van der Waals surface area contributed by atoms with E-state index in [1.54, 1.807) is 30.5 Å². The van der Waals surface area contributed by atoms with Crippen molar-refractivity contribution in [1.29, 1.82) is 0 Å². The fraction of sp³-hybridized carbons (Fsp3) is 0. The van der Waals surface area contributed by atoms with E-state index < -0.39 is 15.7 Å². The van der Waals surface area contributed by atoms with E-state index in [1.807, 2.05) is 12.1 Å². The van der Waals surface area contributed by atoms with Gasteiger partial charge >= 0.3 is 93.1 Å². The van der Waals surface area contributed by atoms with E-state index in [-0.39, 0.29) is 0 Å². The van der Waals surface area contributed by atoms with Gasteiger partial charge in [0.1, 0.15) is 0 Å². The van der Waals surface area contributed by atoms with Gasteiger partial charge in [0.05, 0.1) is 0 Å². The average Bonchev–Trinajstić information content (AvgIpc) is 2.80. The van der Waals surface area contributed by atoms with E-state index in [2.05, 4.69) is 15.2 Å². The second-order valence-corrected chi connectivity index (χ2v) is 4.33. The molecule has 1 aromatic carbocycles. The molecule has 1 N–H and O–H groups in total. The molecule has 1 aromatic heterocycles. The van der Waals surface area contributed by atoms with Gasteiger partial charge in [-0.05, 0) is 0 Å². The molecule has 15 heavy (non-hydrogen) atoms. The van der Waals surface area contributed by atoms with Crippen molar-refractivity contribution in [3.63, 3.8) is 0 Å². The first-order chi connectivity index (χ1) is 7.38. The van der Waals surface area contributed by atoms with Crippen LogP contribution in [0.3, 0.4) is 0 Å². The first kappa shape index (κ1) is 9.99. The Kier molecular flexibility index (Phi) is 3.20. The molecule has 0 spiro atoms. The van der Waals surface area contributed by atoms with Crippen LogP contribution >= 0.6 is 0 Å². The number of aromatic nitrogens is 1. The summed E-state index contributed by atoms with van der Waals surface area (Å²) >= 11 is -0.949. The molecule has 4 nitrogen and oxygen atoms in total. The van der Waals surface area contributed by atoms with Gasteiger partial charge in [-0.2, -0.15) is 0 Å². The van der Waals surface area contributed by atoms with Crippen LogP contribution in [0.4, 0.5) is 11.5 Å². The molecular weight excluding hydrogens is 253 g/mol. The van der Waals surface area contributed by atoms with Crippen LogP contribution in [0, 0.1) is 0 Å². The minimum absolute atomic E-state index is 0.717. The maximum absolute atomic E-state index is 10.6. The van der Waals surface area contributed by atoms with Crippen molar-refractivity contribution in [2.24, 2.45) is 10.2 Å². The minimum atomic E-state index is -0.949. The standard InChI is InChI=1S/C10H8AsN3O/c15-11-8-3-5-9(6-4-8)13-14-10-2-1-7-12-10/h1-7,12H. The van der Waals surface area contributed by atoms with Crippen molar-refractivity contribution in [2.75, 3.05) is 0 Å². The van der Waals surface area contributed by atoms with Crippen molar-refractivity contribution >= 4 is 31.5 Å². The molecule has 0 fully saturated rings. The Morgan fingerprint density at radius 2 is 1.87 bits per heavy atom. The molecule has 0 saturated carbocycles. The number of hydrogen-bond donors (Lipinski definition) is 1. The van der Waals surface area contributed by atoms with Gasteiger partial charge in [-0.15, -0.1) is 0 Å². The second-order valence-electron chi connectivity index (χ2n) is 2.86. The molecule has 0 bridgehead atoms. The van der Waals surface area contributed by atoms with Crippen LogP contribution in [0.15, 0.2) is 52.8 Å². The summed E-state index contributed by atoms with van der Waals surface area (Å²) < 4.78 is 11.5. The summed E-state index contributed by atoms with van der Waals surface area (Å²) in [5.74, 6) is 0.717. The molecule has 2 rings (SSSR count). The summed E-state index contributed by atoms with van der Waals surface area (Å²) in [5.41, 5.74) is 0.753. The van der Waals surface area contributed by atoms with E-state index in [0.29, 0.717) is 5.82 Å². The predicted octanol–water partition coefficient (Wildman–Crippen LogP) is 2.11. The predicted molar refractivity (Wildman–Crippen MR) is 57.5 cm³/mol. The number of hydrogen-bond acceptors (Lipinski definition) is 3. The number of nitrogens with one attached hydrogen (secondary N) is 1. The molecule has 0 aliphatic carbocycles.